The predicted octanol–water partition coefficient (Wildman–Crippen LogP) is 5.81. The second kappa shape index (κ2) is 10.3. The summed E-state index contributed by atoms with van der Waals surface area (Å²) >= 11 is 0. The zero-order chi connectivity index (χ0) is 26.7. The average molecular weight is 481 g/mol. The molecule has 0 radical (unpaired) electrons. The van der Waals surface area contributed by atoms with Crippen LogP contribution in [0.3, 0.4) is 0 Å². The molecule has 0 fully saturated rings. The highest BCUT2D eigenvalue weighted by atomic mass is 16.4. The highest BCUT2D eigenvalue weighted by Gasteiger charge is 2.26. The summed E-state index contributed by atoms with van der Waals surface area (Å²) in [6.07, 6.45) is 1.43. The van der Waals surface area contributed by atoms with Crippen molar-refractivity contribution < 1.29 is 19.8 Å². The Hall–Kier alpha value is -3.61. The van der Waals surface area contributed by atoms with Gasteiger partial charge in [-0.2, -0.15) is 0 Å². The Morgan fingerprint density at radius 1 is 0.943 bits per heavy atom. The molecule has 0 spiro atoms. The molecule has 3 aromatic rings. The topological polar surface area (TPSA) is 119 Å². The van der Waals surface area contributed by atoms with Crippen molar-refractivity contribution in [2.24, 2.45) is 5.92 Å². The zero-order valence-electron chi connectivity index (χ0n) is 21.7. The first-order valence-electron chi connectivity index (χ1n) is 11.6. The summed E-state index contributed by atoms with van der Waals surface area (Å²) in [5.74, 6) is -1.36. The van der Waals surface area contributed by atoms with Crippen molar-refractivity contribution >= 4 is 28.5 Å². The van der Waals surface area contributed by atoms with Crippen LogP contribution in [0.2, 0.25) is 0 Å². The molecule has 188 valence electrons. The summed E-state index contributed by atoms with van der Waals surface area (Å²) in [5.41, 5.74) is 2.06. The number of aromatic amines is 1. The summed E-state index contributed by atoms with van der Waals surface area (Å²) in [6, 6.07) is 10.6. The van der Waals surface area contributed by atoms with E-state index in [1.54, 1.807) is 38.1 Å². The van der Waals surface area contributed by atoms with E-state index in [9.17, 15) is 19.5 Å². The van der Waals surface area contributed by atoms with Crippen LogP contribution in [-0.4, -0.2) is 27.1 Å². The van der Waals surface area contributed by atoms with E-state index < -0.39 is 11.9 Å². The van der Waals surface area contributed by atoms with Crippen LogP contribution in [0.15, 0.2) is 47.4 Å². The molecule has 1 aromatic heterocycles. The number of carbonyl (C=O) groups is 2. The highest BCUT2D eigenvalue weighted by Crippen LogP contribution is 2.39. The number of para-hydroxylation sites is 1. The van der Waals surface area contributed by atoms with Crippen LogP contribution in [0.5, 0.6) is 5.75 Å². The van der Waals surface area contributed by atoms with Crippen LogP contribution >= 0.6 is 0 Å². The molecule has 4 N–H and O–H groups in total. The molecule has 0 saturated heterocycles. The molecule has 0 aliphatic carbocycles. The Bertz CT molecular complexity index is 1290. The van der Waals surface area contributed by atoms with Crippen LogP contribution in [0.25, 0.3) is 10.9 Å². The molecule has 0 aliphatic rings. The lowest BCUT2D eigenvalue weighted by Crippen LogP contribution is -2.25. The predicted molar refractivity (Wildman–Crippen MR) is 141 cm³/mol. The Balaban J connectivity index is 0.000000641. The van der Waals surface area contributed by atoms with Crippen molar-refractivity contribution in [1.29, 1.82) is 0 Å². The maximum atomic E-state index is 12.9. The number of pyridine rings is 1. The molecule has 7 heteroatoms. The van der Waals surface area contributed by atoms with Crippen LogP contribution in [0.4, 0.5) is 5.69 Å². The van der Waals surface area contributed by atoms with Crippen molar-refractivity contribution in [2.45, 2.75) is 66.2 Å². The van der Waals surface area contributed by atoms with Gasteiger partial charge in [0.15, 0.2) is 0 Å². The first-order valence-corrected chi connectivity index (χ1v) is 11.6. The number of phenols is 1. The summed E-state index contributed by atoms with van der Waals surface area (Å²) < 4.78 is 0. The number of fused-ring (bicyclic) bond motifs is 1. The standard InChI is InChI=1S/C24H28N2O3.C4H8O2/c1-23(2,3)16-11-17(24(4,5)6)20(27)12-19(16)26-22(29)15-13-25-18-10-8-7-9-14(18)21(15)28;1-3(2)4(5)6/h7-13,27H,1-6H3,(H,25,28)(H,26,29);3H,1-2H3,(H,5,6). The first-order chi connectivity index (χ1) is 16.0. The van der Waals surface area contributed by atoms with Gasteiger partial charge in [-0.1, -0.05) is 67.5 Å². The number of phenolic OH excluding ortho intramolecular Hbond substituents is 1. The summed E-state index contributed by atoms with van der Waals surface area (Å²) in [4.78, 5) is 38.4. The Labute approximate surface area is 206 Å². The molecule has 0 atom stereocenters. The summed E-state index contributed by atoms with van der Waals surface area (Å²) in [5, 5.41) is 21.9. The van der Waals surface area contributed by atoms with Crippen molar-refractivity contribution in [3.63, 3.8) is 0 Å². The van der Waals surface area contributed by atoms with Crippen LogP contribution < -0.4 is 10.7 Å². The number of carbonyl (C=O) groups excluding carboxylic acids is 1. The third kappa shape index (κ3) is 6.72. The van der Waals surface area contributed by atoms with Gasteiger partial charge >= 0.3 is 5.97 Å². The quantitative estimate of drug-likeness (QED) is 0.377. The first kappa shape index (κ1) is 27.6. The fourth-order valence-electron chi connectivity index (χ4n) is 3.44. The number of amides is 1. The van der Waals surface area contributed by atoms with Gasteiger partial charge in [0, 0.05) is 28.9 Å². The molecule has 0 aliphatic heterocycles. The average Bonchev–Trinajstić information content (AvgIpc) is 2.72. The number of aromatic nitrogens is 1. The molecule has 0 saturated carbocycles. The number of nitrogens with one attached hydrogen (secondary N) is 2. The zero-order valence-corrected chi connectivity index (χ0v) is 21.7. The van der Waals surface area contributed by atoms with E-state index in [0.717, 1.165) is 11.1 Å². The summed E-state index contributed by atoms with van der Waals surface area (Å²) in [7, 11) is 0. The fraction of sp³-hybridized carbons (Fsp3) is 0.393. The van der Waals surface area contributed by atoms with E-state index in [1.807, 2.05) is 53.7 Å². The number of carboxylic acids is 1. The molecular formula is C28H36N2O5. The molecule has 2 aromatic carbocycles. The number of hydrogen-bond donors (Lipinski definition) is 4. The smallest absolute Gasteiger partial charge is 0.305 e. The lowest BCUT2D eigenvalue weighted by molar-refractivity contribution is -0.140. The molecule has 1 heterocycles. The number of anilines is 1. The maximum Gasteiger partial charge on any atom is 0.305 e. The van der Waals surface area contributed by atoms with E-state index in [1.165, 1.54) is 6.20 Å². The second-order valence-electron chi connectivity index (χ2n) is 10.9. The number of hydrogen-bond acceptors (Lipinski definition) is 4. The van der Waals surface area contributed by atoms with Gasteiger partial charge < -0.3 is 20.5 Å². The van der Waals surface area contributed by atoms with Gasteiger partial charge in [-0.25, -0.2) is 0 Å². The SMILES string of the molecule is CC(C)(C)c1cc(C(C)(C)C)c(NC(=O)c2c[nH]c3ccccc3c2=O)cc1O.CC(C)C(=O)O. The van der Waals surface area contributed by atoms with Crippen molar-refractivity contribution in [2.75, 3.05) is 5.32 Å². The van der Waals surface area contributed by atoms with Gasteiger partial charge in [-0.15, -0.1) is 0 Å². The van der Waals surface area contributed by atoms with E-state index in [-0.39, 0.29) is 33.5 Å². The minimum atomic E-state index is -0.741. The third-order valence-electron chi connectivity index (χ3n) is 5.53. The highest BCUT2D eigenvalue weighted by molar-refractivity contribution is 6.06. The van der Waals surface area contributed by atoms with E-state index in [2.05, 4.69) is 10.3 Å². The molecular weight excluding hydrogens is 444 g/mol. The number of H-pyrrole nitrogens is 1. The molecule has 35 heavy (non-hydrogen) atoms. The normalized spacial score (nSPS) is 11.7. The van der Waals surface area contributed by atoms with Gasteiger partial charge in [0.1, 0.15) is 11.3 Å². The lowest BCUT2D eigenvalue weighted by Gasteiger charge is -2.28. The minimum Gasteiger partial charge on any atom is -0.508 e. The molecule has 0 bridgehead atoms. The van der Waals surface area contributed by atoms with Crippen molar-refractivity contribution in [3.05, 3.63) is 69.5 Å². The van der Waals surface area contributed by atoms with Crippen molar-refractivity contribution in [3.8, 4) is 5.75 Å². The monoisotopic (exact) mass is 480 g/mol. The molecule has 1 amide bonds. The molecule has 3 rings (SSSR count). The lowest BCUT2D eigenvalue weighted by atomic mass is 9.79. The van der Waals surface area contributed by atoms with E-state index >= 15 is 0 Å². The number of aromatic hydroxyl groups is 1. The number of aliphatic carboxylic acids is 1. The molecule has 0 unspecified atom stereocenters. The Morgan fingerprint density at radius 2 is 1.49 bits per heavy atom. The van der Waals surface area contributed by atoms with Crippen LogP contribution in [0, 0.1) is 5.92 Å². The van der Waals surface area contributed by atoms with Gasteiger partial charge in [-0.05, 0) is 40.2 Å². The second-order valence-corrected chi connectivity index (χ2v) is 10.9. The van der Waals surface area contributed by atoms with Gasteiger partial charge in [0.25, 0.3) is 5.91 Å². The Kier molecular flexibility index (Phi) is 8.16. The molecule has 7 nitrogen and oxygen atoms in total. The van der Waals surface area contributed by atoms with Crippen molar-refractivity contribution in [1.82, 2.24) is 4.98 Å². The van der Waals surface area contributed by atoms with Gasteiger partial charge in [0.05, 0.1) is 5.92 Å². The third-order valence-corrected chi connectivity index (χ3v) is 5.53. The van der Waals surface area contributed by atoms with Crippen LogP contribution in [-0.2, 0) is 15.6 Å². The number of benzene rings is 2. The largest absolute Gasteiger partial charge is 0.508 e. The van der Waals surface area contributed by atoms with Gasteiger partial charge in [-0.3, -0.25) is 14.4 Å². The minimum absolute atomic E-state index is 0.0305. The number of carboxylic acid groups (broad SMARTS) is 1. The van der Waals surface area contributed by atoms with Gasteiger partial charge in [0.2, 0.25) is 5.43 Å². The summed E-state index contributed by atoms with van der Waals surface area (Å²) in [6.45, 7) is 15.5. The fourth-order valence-corrected chi connectivity index (χ4v) is 3.44. The van der Waals surface area contributed by atoms with E-state index in [0.29, 0.717) is 16.6 Å². The number of rotatable bonds is 3. The van der Waals surface area contributed by atoms with Crippen LogP contribution in [0.1, 0.15) is 76.9 Å². The maximum absolute atomic E-state index is 12.9. The van der Waals surface area contributed by atoms with E-state index in [4.69, 9.17) is 5.11 Å². The Morgan fingerprint density at radius 3 is 2.00 bits per heavy atom.